The lowest BCUT2D eigenvalue weighted by atomic mass is 10.2. The summed E-state index contributed by atoms with van der Waals surface area (Å²) >= 11 is 5.02. The second-order valence-electron chi connectivity index (χ2n) is 4.59. The van der Waals surface area contributed by atoms with Gasteiger partial charge in [0.1, 0.15) is 0 Å². The quantitative estimate of drug-likeness (QED) is 0.735. The predicted molar refractivity (Wildman–Crippen MR) is 88.8 cm³/mol. The van der Waals surface area contributed by atoms with Crippen LogP contribution >= 0.6 is 27.7 Å². The predicted octanol–water partition coefficient (Wildman–Crippen LogP) is 3.00. The third kappa shape index (κ3) is 4.21. The fourth-order valence-corrected chi connectivity index (χ4v) is 3.36. The number of nitrogens with one attached hydrogen (secondary N) is 2. The largest absolute Gasteiger partial charge is 0.343 e. The van der Waals surface area contributed by atoms with Crippen molar-refractivity contribution in [2.75, 3.05) is 6.54 Å². The first-order chi connectivity index (χ1) is 10.2. The van der Waals surface area contributed by atoms with Gasteiger partial charge in [0.25, 0.3) is 0 Å². The summed E-state index contributed by atoms with van der Waals surface area (Å²) in [4.78, 5) is 12.7. The molecule has 21 heavy (non-hydrogen) atoms. The van der Waals surface area contributed by atoms with Crippen molar-refractivity contribution >= 4 is 27.7 Å². The van der Waals surface area contributed by atoms with E-state index in [0.717, 1.165) is 28.9 Å². The van der Waals surface area contributed by atoms with Gasteiger partial charge in [-0.2, -0.15) is 0 Å². The lowest BCUT2D eigenvalue weighted by Gasteiger charge is -2.10. The van der Waals surface area contributed by atoms with E-state index in [0.29, 0.717) is 11.7 Å². The van der Waals surface area contributed by atoms with Crippen LogP contribution in [0.2, 0.25) is 0 Å². The van der Waals surface area contributed by atoms with E-state index in [9.17, 15) is 4.79 Å². The number of rotatable bonds is 7. The third-order valence-electron chi connectivity index (χ3n) is 3.01. The number of H-pyrrole nitrogens is 1. The molecule has 114 valence electrons. The molecule has 0 amide bonds. The Morgan fingerprint density at radius 1 is 1.43 bits per heavy atom. The molecule has 7 heteroatoms. The molecule has 1 aromatic carbocycles. The molecule has 0 saturated heterocycles. The SMILES string of the molecule is CCCNCc1cc(Br)ccc1Sc1n[nH]c(=O)n1CC. The smallest absolute Gasteiger partial charge is 0.313 e. The topological polar surface area (TPSA) is 62.7 Å². The van der Waals surface area contributed by atoms with E-state index in [2.05, 4.69) is 50.5 Å². The number of nitrogens with zero attached hydrogens (tertiary/aromatic N) is 2. The number of aromatic nitrogens is 3. The molecule has 2 aromatic rings. The number of hydrogen-bond acceptors (Lipinski definition) is 4. The van der Waals surface area contributed by atoms with Gasteiger partial charge in [-0.1, -0.05) is 22.9 Å². The van der Waals surface area contributed by atoms with Crippen molar-refractivity contribution in [1.29, 1.82) is 0 Å². The Labute approximate surface area is 136 Å². The third-order valence-corrected chi connectivity index (χ3v) is 4.61. The van der Waals surface area contributed by atoms with E-state index >= 15 is 0 Å². The van der Waals surface area contributed by atoms with Gasteiger partial charge in [-0.05, 0) is 55.4 Å². The minimum Gasteiger partial charge on any atom is -0.313 e. The molecule has 0 radical (unpaired) electrons. The fraction of sp³-hybridized carbons (Fsp3) is 0.429. The Morgan fingerprint density at radius 2 is 2.24 bits per heavy atom. The van der Waals surface area contributed by atoms with Gasteiger partial charge in [0.2, 0.25) is 0 Å². The highest BCUT2D eigenvalue weighted by Gasteiger charge is 2.11. The highest BCUT2D eigenvalue weighted by Crippen LogP contribution is 2.30. The Kier molecular flexibility index (Phi) is 6.08. The summed E-state index contributed by atoms with van der Waals surface area (Å²) in [5.74, 6) is 0. The van der Waals surface area contributed by atoms with Crippen molar-refractivity contribution in [3.05, 3.63) is 38.7 Å². The second-order valence-corrected chi connectivity index (χ2v) is 6.51. The van der Waals surface area contributed by atoms with Crippen LogP contribution in [0.25, 0.3) is 0 Å². The van der Waals surface area contributed by atoms with Crippen LogP contribution in [0.15, 0.2) is 37.5 Å². The van der Waals surface area contributed by atoms with Crippen molar-refractivity contribution in [2.24, 2.45) is 0 Å². The summed E-state index contributed by atoms with van der Waals surface area (Å²) in [6.07, 6.45) is 1.10. The first-order valence-electron chi connectivity index (χ1n) is 6.97. The van der Waals surface area contributed by atoms with Crippen molar-refractivity contribution < 1.29 is 0 Å². The van der Waals surface area contributed by atoms with Crippen molar-refractivity contribution in [2.45, 2.75) is 43.4 Å². The Bertz CT molecular complexity index is 653. The zero-order chi connectivity index (χ0) is 15.2. The van der Waals surface area contributed by atoms with Gasteiger partial charge in [0.05, 0.1) is 0 Å². The summed E-state index contributed by atoms with van der Waals surface area (Å²) in [7, 11) is 0. The first-order valence-corrected chi connectivity index (χ1v) is 8.58. The molecule has 0 atom stereocenters. The molecule has 0 unspecified atom stereocenters. The van der Waals surface area contributed by atoms with Gasteiger partial charge in [0, 0.05) is 22.5 Å². The van der Waals surface area contributed by atoms with Crippen molar-refractivity contribution in [3.63, 3.8) is 0 Å². The van der Waals surface area contributed by atoms with Gasteiger partial charge in [-0.3, -0.25) is 4.57 Å². The van der Waals surface area contributed by atoms with Crippen LogP contribution < -0.4 is 11.0 Å². The zero-order valence-electron chi connectivity index (χ0n) is 12.1. The number of benzene rings is 1. The first kappa shape index (κ1) is 16.3. The molecule has 5 nitrogen and oxygen atoms in total. The molecule has 0 fully saturated rings. The molecule has 1 aromatic heterocycles. The van der Waals surface area contributed by atoms with E-state index in [1.807, 2.05) is 13.0 Å². The maximum Gasteiger partial charge on any atom is 0.343 e. The summed E-state index contributed by atoms with van der Waals surface area (Å²) in [6.45, 7) is 6.48. The molecule has 0 aliphatic rings. The fourth-order valence-electron chi connectivity index (χ4n) is 1.94. The van der Waals surface area contributed by atoms with Crippen LogP contribution in [0.1, 0.15) is 25.8 Å². The molecule has 2 N–H and O–H groups in total. The average Bonchev–Trinajstić information content (AvgIpc) is 2.82. The Balaban J connectivity index is 2.24. The molecular weight excluding hydrogens is 352 g/mol. The maximum atomic E-state index is 11.6. The Hall–Kier alpha value is -1.05. The number of aromatic amines is 1. The van der Waals surface area contributed by atoms with E-state index in [-0.39, 0.29) is 5.69 Å². The van der Waals surface area contributed by atoms with E-state index in [4.69, 9.17) is 0 Å². The summed E-state index contributed by atoms with van der Waals surface area (Å²) in [5, 5.41) is 10.7. The van der Waals surface area contributed by atoms with E-state index < -0.39 is 0 Å². The molecular formula is C14H19BrN4OS. The van der Waals surface area contributed by atoms with E-state index in [1.165, 1.54) is 17.3 Å². The standard InChI is InChI=1S/C14H19BrN4OS/c1-3-7-16-9-10-8-11(15)5-6-12(10)21-14-18-17-13(20)19(14)4-2/h5-6,8,16H,3-4,7,9H2,1-2H3,(H,17,20). The minimum absolute atomic E-state index is 0.164. The zero-order valence-corrected chi connectivity index (χ0v) is 14.6. The van der Waals surface area contributed by atoms with Crippen LogP contribution in [0, 0.1) is 0 Å². The summed E-state index contributed by atoms with van der Waals surface area (Å²) < 4.78 is 2.69. The number of halogens is 1. The summed E-state index contributed by atoms with van der Waals surface area (Å²) in [6, 6.07) is 6.16. The molecule has 0 saturated carbocycles. The molecule has 0 aliphatic carbocycles. The van der Waals surface area contributed by atoms with Crippen LogP contribution in [-0.2, 0) is 13.1 Å². The van der Waals surface area contributed by atoms with Crippen molar-refractivity contribution in [1.82, 2.24) is 20.1 Å². The highest BCUT2D eigenvalue weighted by molar-refractivity contribution is 9.10. The lowest BCUT2D eigenvalue weighted by Crippen LogP contribution is -2.16. The van der Waals surface area contributed by atoms with Crippen LogP contribution in [-0.4, -0.2) is 21.3 Å². The van der Waals surface area contributed by atoms with Crippen molar-refractivity contribution in [3.8, 4) is 0 Å². The molecule has 2 rings (SSSR count). The van der Waals surface area contributed by atoms with Gasteiger partial charge in [0.15, 0.2) is 5.16 Å². The molecule has 0 aliphatic heterocycles. The van der Waals surface area contributed by atoms with Gasteiger partial charge in [-0.25, -0.2) is 9.89 Å². The lowest BCUT2D eigenvalue weighted by molar-refractivity contribution is 0.657. The average molecular weight is 371 g/mol. The van der Waals surface area contributed by atoms with Crippen LogP contribution in [0.5, 0.6) is 0 Å². The van der Waals surface area contributed by atoms with Crippen LogP contribution in [0.4, 0.5) is 0 Å². The Morgan fingerprint density at radius 3 is 2.95 bits per heavy atom. The van der Waals surface area contributed by atoms with Gasteiger partial charge >= 0.3 is 5.69 Å². The normalized spacial score (nSPS) is 11.0. The maximum absolute atomic E-state index is 11.6. The van der Waals surface area contributed by atoms with E-state index in [1.54, 1.807) is 4.57 Å². The molecule has 0 bridgehead atoms. The minimum atomic E-state index is -0.164. The molecule has 0 spiro atoms. The highest BCUT2D eigenvalue weighted by atomic mass is 79.9. The second kappa shape index (κ2) is 7.82. The monoisotopic (exact) mass is 370 g/mol. The van der Waals surface area contributed by atoms with Crippen LogP contribution in [0.3, 0.4) is 0 Å². The summed E-state index contributed by atoms with van der Waals surface area (Å²) in [5.41, 5.74) is 1.03. The van der Waals surface area contributed by atoms with Gasteiger partial charge in [-0.15, -0.1) is 5.10 Å². The molecule has 1 heterocycles. The van der Waals surface area contributed by atoms with Gasteiger partial charge < -0.3 is 5.32 Å². The number of hydrogen-bond donors (Lipinski definition) is 2.